The summed E-state index contributed by atoms with van der Waals surface area (Å²) in [5.41, 5.74) is -3.33. The van der Waals surface area contributed by atoms with Crippen molar-refractivity contribution in [1.29, 1.82) is 0 Å². The van der Waals surface area contributed by atoms with Crippen LogP contribution >= 0.6 is 0 Å². The summed E-state index contributed by atoms with van der Waals surface area (Å²) in [5.74, 6) is -12.5. The van der Waals surface area contributed by atoms with E-state index in [2.05, 4.69) is 0 Å². The molecule has 4 rings (SSSR count). The number of carboxylic acid groups (broad SMARTS) is 8. The predicted octanol–water partition coefficient (Wildman–Crippen LogP) is 4.70. The van der Waals surface area contributed by atoms with Crippen molar-refractivity contribution < 1.29 is 79.2 Å². The van der Waals surface area contributed by atoms with Gasteiger partial charge in [0.05, 0.1) is 44.5 Å². The van der Waals surface area contributed by atoms with E-state index in [0.717, 1.165) is 24.3 Å². The van der Waals surface area contributed by atoms with E-state index in [0.29, 0.717) is 0 Å². The minimum Gasteiger partial charge on any atom is -0.478 e. The molecule has 0 bridgehead atoms. The topological polar surface area (TPSA) is 298 Å². The summed E-state index contributed by atoms with van der Waals surface area (Å²) < 4.78 is 0. The Morgan fingerprint density at radius 2 is 0.647 bits per heavy atom. The van der Waals surface area contributed by atoms with Crippen molar-refractivity contribution in [2.75, 3.05) is 0 Å². The maximum atomic E-state index is 11.6. The molecule has 0 spiro atoms. The first-order chi connectivity index (χ1) is 23.9. The molecule has 0 aromatic heterocycles. The molecular weight excluding hydrogens is 676 g/mol. The van der Waals surface area contributed by atoms with E-state index < -0.39 is 98.2 Å². The Bertz CT molecular complexity index is 1980. The van der Waals surface area contributed by atoms with Crippen molar-refractivity contribution in [2.24, 2.45) is 0 Å². The SMILES string of the molecule is CC(c1cccc(C(=O)O)c1C(=O)O)c1cccc(C(=O)O)c1C(=O)O.O=C(O)c1cccc(Cc2cccc(C(=O)O)c2C(=O)O)c1C(=O)O. The molecule has 16 heteroatoms. The van der Waals surface area contributed by atoms with Gasteiger partial charge in [0.15, 0.2) is 0 Å². The van der Waals surface area contributed by atoms with Crippen LogP contribution in [0, 0.1) is 0 Å². The summed E-state index contributed by atoms with van der Waals surface area (Å²) >= 11 is 0. The molecule has 8 N–H and O–H groups in total. The lowest BCUT2D eigenvalue weighted by molar-refractivity contribution is 0.0648. The van der Waals surface area contributed by atoms with E-state index in [-0.39, 0.29) is 28.7 Å². The molecule has 0 aliphatic heterocycles. The van der Waals surface area contributed by atoms with Crippen LogP contribution in [-0.2, 0) is 6.42 Å². The highest BCUT2D eigenvalue weighted by atomic mass is 16.4. The molecule has 0 aliphatic rings. The van der Waals surface area contributed by atoms with Gasteiger partial charge in [-0.3, -0.25) is 0 Å². The number of rotatable bonds is 12. The van der Waals surface area contributed by atoms with Gasteiger partial charge in [-0.05, 0) is 52.9 Å². The summed E-state index contributed by atoms with van der Waals surface area (Å²) in [6, 6.07) is 15.4. The zero-order valence-corrected chi connectivity index (χ0v) is 26.1. The third-order valence-electron chi connectivity index (χ3n) is 7.59. The van der Waals surface area contributed by atoms with Crippen LogP contribution in [0.2, 0.25) is 0 Å². The largest absolute Gasteiger partial charge is 0.478 e. The van der Waals surface area contributed by atoms with Crippen molar-refractivity contribution in [3.63, 3.8) is 0 Å². The van der Waals surface area contributed by atoms with Crippen LogP contribution in [0.4, 0.5) is 0 Å². The first kappa shape index (κ1) is 38.1. The molecule has 0 saturated heterocycles. The molecule has 0 radical (unpaired) electrons. The van der Waals surface area contributed by atoms with Crippen LogP contribution in [0.3, 0.4) is 0 Å². The molecule has 0 atom stereocenters. The van der Waals surface area contributed by atoms with E-state index >= 15 is 0 Å². The summed E-state index contributed by atoms with van der Waals surface area (Å²) in [4.78, 5) is 91.2. The molecule has 0 fully saturated rings. The fourth-order valence-corrected chi connectivity index (χ4v) is 5.42. The highest BCUT2D eigenvalue weighted by Crippen LogP contribution is 2.33. The molecule has 0 amide bonds. The zero-order chi connectivity index (χ0) is 38.3. The first-order valence-electron chi connectivity index (χ1n) is 14.3. The zero-order valence-electron chi connectivity index (χ0n) is 26.1. The predicted molar refractivity (Wildman–Crippen MR) is 172 cm³/mol. The van der Waals surface area contributed by atoms with Gasteiger partial charge in [0.25, 0.3) is 0 Å². The number of hydrogen-bond donors (Lipinski definition) is 8. The molecule has 0 saturated carbocycles. The average Bonchev–Trinajstić information content (AvgIpc) is 3.06. The standard InChI is InChI=1S/C18H14O8.C17H12O8/c1-8(9-4-2-6-11(15(19)20)13(9)17(23)24)10-5-3-7-12(16(21)22)14(10)18(25)26;18-14(19)10-5-1-3-8(12(10)16(22)23)7-9-4-2-6-11(15(20)21)13(9)17(24)25/h2-8H,1H3,(H,19,20)(H,21,22)(H,23,24)(H,25,26);1-6H,7H2,(H,18,19)(H,20,21)(H,22,23)(H,24,25). The van der Waals surface area contributed by atoms with Crippen molar-refractivity contribution in [3.05, 3.63) is 140 Å². The fourth-order valence-electron chi connectivity index (χ4n) is 5.42. The molecule has 4 aromatic rings. The van der Waals surface area contributed by atoms with Crippen LogP contribution in [0.15, 0.2) is 72.8 Å². The molecule has 51 heavy (non-hydrogen) atoms. The molecule has 0 heterocycles. The molecule has 262 valence electrons. The van der Waals surface area contributed by atoms with Gasteiger partial charge in [0.2, 0.25) is 0 Å². The van der Waals surface area contributed by atoms with Gasteiger partial charge in [-0.2, -0.15) is 0 Å². The Hall–Kier alpha value is -7.36. The second-order valence-corrected chi connectivity index (χ2v) is 10.6. The summed E-state index contributed by atoms with van der Waals surface area (Å²) in [7, 11) is 0. The van der Waals surface area contributed by atoms with Crippen molar-refractivity contribution in [2.45, 2.75) is 19.3 Å². The van der Waals surface area contributed by atoms with E-state index in [9.17, 15) is 69.0 Å². The molecule has 0 unspecified atom stereocenters. The number of carbonyl (C=O) groups is 8. The summed E-state index contributed by atoms with van der Waals surface area (Å²) in [6.07, 6.45) is -0.245. The molecule has 4 aromatic carbocycles. The van der Waals surface area contributed by atoms with Crippen molar-refractivity contribution in [1.82, 2.24) is 0 Å². The lowest BCUT2D eigenvalue weighted by Gasteiger charge is -2.19. The van der Waals surface area contributed by atoms with Gasteiger partial charge in [0.1, 0.15) is 0 Å². The van der Waals surface area contributed by atoms with Crippen LogP contribution in [0.25, 0.3) is 0 Å². The van der Waals surface area contributed by atoms with Crippen molar-refractivity contribution >= 4 is 47.8 Å². The Morgan fingerprint density at radius 3 is 0.902 bits per heavy atom. The van der Waals surface area contributed by atoms with Crippen molar-refractivity contribution in [3.8, 4) is 0 Å². The number of aromatic carboxylic acids is 8. The smallest absolute Gasteiger partial charge is 0.336 e. The number of carboxylic acids is 8. The molecule has 0 aliphatic carbocycles. The van der Waals surface area contributed by atoms with E-state index in [1.165, 1.54) is 55.5 Å². The number of benzene rings is 4. The highest BCUT2D eigenvalue weighted by Gasteiger charge is 2.29. The second kappa shape index (κ2) is 15.7. The van der Waals surface area contributed by atoms with Gasteiger partial charge in [-0.15, -0.1) is 0 Å². The van der Waals surface area contributed by atoms with Gasteiger partial charge in [-0.25, -0.2) is 38.4 Å². The third-order valence-corrected chi connectivity index (χ3v) is 7.59. The Kier molecular flexibility index (Phi) is 11.7. The van der Waals surface area contributed by atoms with Crippen LogP contribution in [-0.4, -0.2) is 88.6 Å². The monoisotopic (exact) mass is 702 g/mol. The minimum absolute atomic E-state index is 0.0671. The molecule has 16 nitrogen and oxygen atoms in total. The highest BCUT2D eigenvalue weighted by molar-refractivity contribution is 6.06. The van der Waals surface area contributed by atoms with E-state index in [1.54, 1.807) is 0 Å². The van der Waals surface area contributed by atoms with E-state index in [4.69, 9.17) is 10.2 Å². The Morgan fingerprint density at radius 1 is 0.392 bits per heavy atom. The van der Waals surface area contributed by atoms with Gasteiger partial charge < -0.3 is 40.9 Å². The van der Waals surface area contributed by atoms with Crippen LogP contribution < -0.4 is 0 Å². The van der Waals surface area contributed by atoms with Gasteiger partial charge >= 0.3 is 47.8 Å². The van der Waals surface area contributed by atoms with Gasteiger partial charge in [0, 0.05) is 5.92 Å². The lowest BCUT2D eigenvalue weighted by Crippen LogP contribution is -2.17. The fraction of sp³-hybridized carbons (Fsp3) is 0.0857. The summed E-state index contributed by atoms with van der Waals surface area (Å²) in [5, 5.41) is 74.2. The summed E-state index contributed by atoms with van der Waals surface area (Å²) in [6.45, 7) is 1.49. The van der Waals surface area contributed by atoms with E-state index in [1.807, 2.05) is 0 Å². The van der Waals surface area contributed by atoms with Crippen LogP contribution in [0.5, 0.6) is 0 Å². The van der Waals surface area contributed by atoms with Crippen LogP contribution in [0.1, 0.15) is 118 Å². The Balaban J connectivity index is 0.000000276. The lowest BCUT2D eigenvalue weighted by atomic mass is 9.84. The third kappa shape index (κ3) is 8.21. The molecular formula is C35H26O16. The quantitative estimate of drug-likeness (QED) is 0.0991. The maximum Gasteiger partial charge on any atom is 0.336 e. The van der Waals surface area contributed by atoms with Gasteiger partial charge in [-0.1, -0.05) is 55.5 Å². The first-order valence-corrected chi connectivity index (χ1v) is 14.3. The minimum atomic E-state index is -1.48. The second-order valence-electron chi connectivity index (χ2n) is 10.6. The number of hydrogen-bond acceptors (Lipinski definition) is 8. The normalized spacial score (nSPS) is 10.4. The maximum absolute atomic E-state index is 11.6. The Labute approximate surface area is 285 Å². The average molecular weight is 703 g/mol.